The Morgan fingerprint density at radius 2 is 1.68 bits per heavy atom. The van der Waals surface area contributed by atoms with Gasteiger partial charge in [-0.2, -0.15) is 0 Å². The van der Waals surface area contributed by atoms with Crippen LogP contribution in [-0.2, 0) is 14.8 Å². The van der Waals surface area contributed by atoms with E-state index in [1.54, 1.807) is 42.5 Å². The summed E-state index contributed by atoms with van der Waals surface area (Å²) in [5.74, 6) is -0.714. The van der Waals surface area contributed by atoms with Gasteiger partial charge in [0, 0.05) is 7.05 Å². The van der Waals surface area contributed by atoms with Gasteiger partial charge >= 0.3 is 5.97 Å². The first-order chi connectivity index (χ1) is 11.6. The lowest BCUT2D eigenvalue weighted by atomic mass is 10.1. The second kappa shape index (κ2) is 7.14. The molecule has 0 aliphatic rings. The third-order valence-electron chi connectivity index (χ3n) is 4.00. The quantitative estimate of drug-likeness (QED) is 0.853. The van der Waals surface area contributed by atoms with Crippen molar-refractivity contribution < 1.29 is 23.1 Å². The van der Waals surface area contributed by atoms with Gasteiger partial charge in [-0.3, -0.25) is 4.31 Å². The van der Waals surface area contributed by atoms with Crippen molar-refractivity contribution in [3.63, 3.8) is 0 Å². The number of sulfonamides is 1. The Bertz CT molecular complexity index is 875. The highest BCUT2D eigenvalue weighted by Gasteiger charge is 2.22. The number of rotatable bonds is 6. The molecule has 6 nitrogen and oxygen atoms in total. The molecule has 0 radical (unpaired) electrons. The van der Waals surface area contributed by atoms with Crippen molar-refractivity contribution >= 4 is 21.7 Å². The predicted octanol–water partition coefficient (Wildman–Crippen LogP) is 2.98. The van der Waals surface area contributed by atoms with Gasteiger partial charge in [0.2, 0.25) is 0 Å². The molecule has 0 aromatic heterocycles. The SMILES string of the molecule is Cc1ccc(S(=O)(=O)N(C)c2ccc(O[C@H](C)C(=O)O)cc2)cc1C. The number of aryl methyl sites for hydroxylation is 2. The summed E-state index contributed by atoms with van der Waals surface area (Å²) in [6.45, 7) is 5.21. The second-order valence-electron chi connectivity index (χ2n) is 5.81. The lowest BCUT2D eigenvalue weighted by Gasteiger charge is -2.20. The third-order valence-corrected chi connectivity index (χ3v) is 5.78. The van der Waals surface area contributed by atoms with E-state index in [0.717, 1.165) is 11.1 Å². The Kier molecular flexibility index (Phi) is 5.37. The minimum Gasteiger partial charge on any atom is -0.479 e. The number of benzene rings is 2. The molecule has 2 rings (SSSR count). The summed E-state index contributed by atoms with van der Waals surface area (Å²) in [5, 5.41) is 8.85. The van der Waals surface area contributed by atoms with E-state index < -0.39 is 22.1 Å². The number of anilines is 1. The minimum atomic E-state index is -3.68. The fourth-order valence-corrected chi connectivity index (χ4v) is 3.44. The molecule has 2 aromatic carbocycles. The minimum absolute atomic E-state index is 0.220. The Morgan fingerprint density at radius 1 is 1.08 bits per heavy atom. The number of hydrogen-bond acceptors (Lipinski definition) is 4. The van der Waals surface area contributed by atoms with Crippen LogP contribution in [0.3, 0.4) is 0 Å². The van der Waals surface area contributed by atoms with Gasteiger partial charge in [-0.25, -0.2) is 13.2 Å². The number of aliphatic carboxylic acids is 1. The van der Waals surface area contributed by atoms with Crippen LogP contribution in [0.15, 0.2) is 47.4 Å². The Hall–Kier alpha value is -2.54. The van der Waals surface area contributed by atoms with Gasteiger partial charge < -0.3 is 9.84 Å². The zero-order valence-corrected chi connectivity index (χ0v) is 15.4. The summed E-state index contributed by atoms with van der Waals surface area (Å²) in [6, 6.07) is 11.2. The molecule has 1 N–H and O–H groups in total. The molecule has 1 atom stereocenters. The average molecular weight is 363 g/mol. The molecule has 0 aliphatic carbocycles. The number of ether oxygens (including phenoxy) is 1. The van der Waals surface area contributed by atoms with E-state index in [2.05, 4.69) is 0 Å². The highest BCUT2D eigenvalue weighted by atomic mass is 32.2. The van der Waals surface area contributed by atoms with Crippen molar-refractivity contribution in [2.45, 2.75) is 31.8 Å². The van der Waals surface area contributed by atoms with E-state index in [1.807, 2.05) is 13.8 Å². The molecule has 2 aromatic rings. The topological polar surface area (TPSA) is 83.9 Å². The molecule has 0 amide bonds. The number of carboxylic acids is 1. The number of carboxylic acid groups (broad SMARTS) is 1. The first-order valence-electron chi connectivity index (χ1n) is 7.68. The summed E-state index contributed by atoms with van der Waals surface area (Å²) in [7, 11) is -2.21. The zero-order valence-electron chi connectivity index (χ0n) is 14.6. The molecule has 7 heteroatoms. The van der Waals surface area contributed by atoms with Crippen molar-refractivity contribution in [3.05, 3.63) is 53.6 Å². The van der Waals surface area contributed by atoms with Crippen molar-refractivity contribution in [2.75, 3.05) is 11.4 Å². The van der Waals surface area contributed by atoms with Crippen molar-refractivity contribution in [2.24, 2.45) is 0 Å². The van der Waals surface area contributed by atoms with E-state index in [4.69, 9.17) is 9.84 Å². The summed E-state index contributed by atoms with van der Waals surface area (Å²) in [4.78, 5) is 11.0. The van der Waals surface area contributed by atoms with Gasteiger partial charge in [-0.15, -0.1) is 0 Å². The van der Waals surface area contributed by atoms with Crippen LogP contribution in [-0.4, -0.2) is 32.6 Å². The summed E-state index contributed by atoms with van der Waals surface area (Å²) >= 11 is 0. The molecule has 25 heavy (non-hydrogen) atoms. The zero-order chi connectivity index (χ0) is 18.8. The van der Waals surface area contributed by atoms with Crippen LogP contribution in [0.4, 0.5) is 5.69 Å². The predicted molar refractivity (Wildman–Crippen MR) is 95.7 cm³/mol. The maximum Gasteiger partial charge on any atom is 0.344 e. The van der Waals surface area contributed by atoms with E-state index in [-0.39, 0.29) is 4.90 Å². The van der Waals surface area contributed by atoms with E-state index in [1.165, 1.54) is 18.3 Å². The molecular weight excluding hydrogens is 342 g/mol. The molecule has 0 aliphatic heterocycles. The van der Waals surface area contributed by atoms with Gasteiger partial charge in [0.05, 0.1) is 10.6 Å². The van der Waals surface area contributed by atoms with Gasteiger partial charge in [0.15, 0.2) is 6.10 Å². The first-order valence-corrected chi connectivity index (χ1v) is 9.12. The molecule has 0 bridgehead atoms. The van der Waals surface area contributed by atoms with Crippen molar-refractivity contribution in [3.8, 4) is 5.75 Å². The summed E-state index contributed by atoms with van der Waals surface area (Å²) < 4.78 is 32.0. The standard InChI is InChI=1S/C18H21NO5S/c1-12-5-10-17(11-13(12)2)25(22,23)19(4)15-6-8-16(9-7-15)24-14(3)18(20)21/h5-11,14H,1-4H3,(H,20,21)/t14-/m1/s1. The largest absolute Gasteiger partial charge is 0.479 e. The average Bonchev–Trinajstić information content (AvgIpc) is 2.57. The van der Waals surface area contributed by atoms with Crippen LogP contribution in [0, 0.1) is 13.8 Å². The Labute approximate surface area is 147 Å². The van der Waals surface area contributed by atoms with Crippen LogP contribution in [0.5, 0.6) is 5.75 Å². The highest BCUT2D eigenvalue weighted by Crippen LogP contribution is 2.25. The van der Waals surface area contributed by atoms with Gasteiger partial charge in [0.25, 0.3) is 10.0 Å². The molecule has 0 saturated heterocycles. The van der Waals surface area contributed by atoms with Crippen LogP contribution >= 0.6 is 0 Å². The van der Waals surface area contributed by atoms with E-state index >= 15 is 0 Å². The van der Waals surface area contributed by atoms with Crippen LogP contribution < -0.4 is 9.04 Å². The normalized spacial score (nSPS) is 12.5. The second-order valence-corrected chi connectivity index (χ2v) is 7.78. The van der Waals surface area contributed by atoms with Crippen LogP contribution in [0.1, 0.15) is 18.1 Å². The van der Waals surface area contributed by atoms with Gasteiger partial charge in [0.1, 0.15) is 5.75 Å². The molecule has 134 valence electrons. The maximum atomic E-state index is 12.8. The Morgan fingerprint density at radius 3 is 2.20 bits per heavy atom. The third kappa shape index (κ3) is 4.11. The first kappa shape index (κ1) is 18.8. The number of nitrogens with zero attached hydrogens (tertiary/aromatic N) is 1. The molecule has 0 saturated carbocycles. The maximum absolute atomic E-state index is 12.8. The van der Waals surface area contributed by atoms with Gasteiger partial charge in [-0.1, -0.05) is 6.07 Å². The lowest BCUT2D eigenvalue weighted by molar-refractivity contribution is -0.144. The van der Waals surface area contributed by atoms with Gasteiger partial charge in [-0.05, 0) is 68.3 Å². The number of hydrogen-bond donors (Lipinski definition) is 1. The molecule has 0 unspecified atom stereocenters. The molecular formula is C18H21NO5S. The Balaban J connectivity index is 2.25. The molecule has 0 heterocycles. The molecule has 0 spiro atoms. The highest BCUT2D eigenvalue weighted by molar-refractivity contribution is 7.92. The fraction of sp³-hybridized carbons (Fsp3) is 0.278. The van der Waals surface area contributed by atoms with E-state index in [0.29, 0.717) is 11.4 Å². The van der Waals surface area contributed by atoms with Crippen molar-refractivity contribution in [1.29, 1.82) is 0 Å². The number of carbonyl (C=O) groups is 1. The van der Waals surface area contributed by atoms with Crippen molar-refractivity contribution in [1.82, 2.24) is 0 Å². The smallest absolute Gasteiger partial charge is 0.344 e. The van der Waals surface area contributed by atoms with E-state index in [9.17, 15) is 13.2 Å². The summed E-state index contributed by atoms with van der Waals surface area (Å²) in [5.41, 5.74) is 2.38. The van der Waals surface area contributed by atoms with Crippen LogP contribution in [0.25, 0.3) is 0 Å². The monoisotopic (exact) mass is 363 g/mol. The molecule has 0 fully saturated rings. The fourth-order valence-electron chi connectivity index (χ4n) is 2.16. The lowest BCUT2D eigenvalue weighted by Crippen LogP contribution is -2.26. The summed E-state index contributed by atoms with van der Waals surface area (Å²) in [6.07, 6.45) is -0.983. The van der Waals surface area contributed by atoms with Crippen LogP contribution in [0.2, 0.25) is 0 Å².